The standard InChI is InChI=1S/C15H20N4O2.2ClH/c16-7-3-6-14(20)18-8-10-19(11-9-18)15-17-12-4-1-2-5-13(12)21-15;;/h1-2,4-5H,3,6-11,16H2;2*1H. The minimum atomic E-state index is 0. The lowest BCUT2D eigenvalue weighted by molar-refractivity contribution is -0.131. The molecule has 1 aromatic heterocycles. The number of rotatable bonds is 4. The van der Waals surface area contributed by atoms with Crippen LogP contribution in [-0.4, -0.2) is 48.5 Å². The summed E-state index contributed by atoms with van der Waals surface area (Å²) in [7, 11) is 0. The third-order valence-corrected chi connectivity index (χ3v) is 3.78. The molecule has 6 nitrogen and oxygen atoms in total. The number of nitrogens with zero attached hydrogens (tertiary/aromatic N) is 3. The van der Waals surface area contributed by atoms with E-state index in [1.165, 1.54) is 0 Å². The highest BCUT2D eigenvalue weighted by atomic mass is 35.5. The fourth-order valence-electron chi connectivity index (χ4n) is 2.55. The van der Waals surface area contributed by atoms with Gasteiger partial charge in [0.25, 0.3) is 6.01 Å². The third kappa shape index (κ3) is 4.50. The van der Waals surface area contributed by atoms with Crippen LogP contribution in [0, 0.1) is 0 Å². The molecule has 1 aliphatic rings. The highest BCUT2D eigenvalue weighted by Crippen LogP contribution is 2.22. The largest absolute Gasteiger partial charge is 0.423 e. The molecule has 0 radical (unpaired) electrons. The zero-order valence-corrected chi connectivity index (χ0v) is 14.4. The van der Waals surface area contributed by atoms with E-state index in [4.69, 9.17) is 10.2 Å². The van der Waals surface area contributed by atoms with Gasteiger partial charge in [-0.3, -0.25) is 4.79 Å². The zero-order valence-electron chi connectivity index (χ0n) is 12.8. The zero-order chi connectivity index (χ0) is 14.7. The van der Waals surface area contributed by atoms with Gasteiger partial charge in [0.1, 0.15) is 5.52 Å². The van der Waals surface area contributed by atoms with E-state index in [0.29, 0.717) is 32.1 Å². The Morgan fingerprint density at radius 1 is 1.17 bits per heavy atom. The second-order valence-corrected chi connectivity index (χ2v) is 5.22. The number of anilines is 1. The average Bonchev–Trinajstić information content (AvgIpc) is 2.96. The monoisotopic (exact) mass is 360 g/mol. The number of fused-ring (bicyclic) bond motifs is 1. The van der Waals surface area contributed by atoms with Gasteiger partial charge in [-0.25, -0.2) is 0 Å². The first-order valence-electron chi connectivity index (χ1n) is 7.36. The van der Waals surface area contributed by atoms with Crippen molar-refractivity contribution in [1.82, 2.24) is 9.88 Å². The summed E-state index contributed by atoms with van der Waals surface area (Å²) < 4.78 is 5.76. The number of piperazine rings is 1. The van der Waals surface area contributed by atoms with Crippen molar-refractivity contribution in [3.05, 3.63) is 24.3 Å². The van der Waals surface area contributed by atoms with Crippen molar-refractivity contribution in [3.8, 4) is 0 Å². The number of oxazole rings is 1. The van der Waals surface area contributed by atoms with Gasteiger partial charge < -0.3 is 20.0 Å². The number of hydrogen-bond acceptors (Lipinski definition) is 5. The number of para-hydroxylation sites is 2. The molecule has 1 saturated heterocycles. The molecule has 0 bridgehead atoms. The van der Waals surface area contributed by atoms with Crippen LogP contribution in [0.2, 0.25) is 0 Å². The summed E-state index contributed by atoms with van der Waals surface area (Å²) in [6.45, 7) is 3.49. The van der Waals surface area contributed by atoms with E-state index in [1.807, 2.05) is 29.2 Å². The van der Waals surface area contributed by atoms with Crippen LogP contribution in [-0.2, 0) is 4.79 Å². The Bertz CT molecular complexity index is 594. The lowest BCUT2D eigenvalue weighted by atomic mass is 10.2. The lowest BCUT2D eigenvalue weighted by Gasteiger charge is -2.33. The molecule has 1 amide bonds. The van der Waals surface area contributed by atoms with Crippen molar-refractivity contribution >= 4 is 47.8 Å². The Balaban J connectivity index is 0.00000132. The Morgan fingerprint density at radius 2 is 1.87 bits per heavy atom. The molecule has 0 aliphatic carbocycles. The predicted octanol–water partition coefficient (Wildman–Crippen LogP) is 2.06. The van der Waals surface area contributed by atoms with Crippen molar-refractivity contribution in [3.63, 3.8) is 0 Å². The maximum absolute atomic E-state index is 12.0. The number of nitrogens with two attached hydrogens (primary N) is 1. The van der Waals surface area contributed by atoms with Crippen molar-refractivity contribution in [2.75, 3.05) is 37.6 Å². The van der Waals surface area contributed by atoms with Crippen LogP contribution in [0.3, 0.4) is 0 Å². The maximum atomic E-state index is 12.0. The molecule has 2 N–H and O–H groups in total. The normalized spacial score (nSPS) is 14.3. The summed E-state index contributed by atoms with van der Waals surface area (Å²) in [5.41, 5.74) is 7.11. The number of carbonyl (C=O) groups excluding carboxylic acids is 1. The maximum Gasteiger partial charge on any atom is 0.298 e. The first-order valence-corrected chi connectivity index (χ1v) is 7.36. The minimum Gasteiger partial charge on any atom is -0.423 e. The quantitative estimate of drug-likeness (QED) is 0.902. The molecule has 0 saturated carbocycles. The summed E-state index contributed by atoms with van der Waals surface area (Å²) >= 11 is 0. The molecule has 23 heavy (non-hydrogen) atoms. The smallest absolute Gasteiger partial charge is 0.298 e. The molecule has 1 aliphatic heterocycles. The van der Waals surface area contributed by atoms with Gasteiger partial charge >= 0.3 is 0 Å². The van der Waals surface area contributed by atoms with Gasteiger partial charge in [0.15, 0.2) is 5.58 Å². The predicted molar refractivity (Wildman–Crippen MR) is 95.6 cm³/mol. The average molecular weight is 361 g/mol. The first-order chi connectivity index (χ1) is 10.3. The molecule has 0 atom stereocenters. The molecular formula is C15H22Cl2N4O2. The van der Waals surface area contributed by atoms with Gasteiger partial charge in [0.2, 0.25) is 5.91 Å². The molecule has 0 spiro atoms. The number of amides is 1. The van der Waals surface area contributed by atoms with Gasteiger partial charge in [-0.1, -0.05) is 12.1 Å². The fourth-order valence-corrected chi connectivity index (χ4v) is 2.55. The highest BCUT2D eigenvalue weighted by Gasteiger charge is 2.23. The van der Waals surface area contributed by atoms with Gasteiger partial charge in [-0.15, -0.1) is 24.8 Å². The van der Waals surface area contributed by atoms with E-state index >= 15 is 0 Å². The van der Waals surface area contributed by atoms with E-state index in [1.54, 1.807) is 0 Å². The van der Waals surface area contributed by atoms with Crippen LogP contribution in [0.15, 0.2) is 28.7 Å². The number of aromatic nitrogens is 1. The minimum absolute atomic E-state index is 0. The highest BCUT2D eigenvalue weighted by molar-refractivity contribution is 5.85. The Morgan fingerprint density at radius 3 is 2.52 bits per heavy atom. The molecule has 2 heterocycles. The summed E-state index contributed by atoms with van der Waals surface area (Å²) in [4.78, 5) is 20.4. The molecule has 8 heteroatoms. The molecule has 3 rings (SSSR count). The molecule has 0 unspecified atom stereocenters. The fraction of sp³-hybridized carbons (Fsp3) is 0.467. The second kappa shape index (κ2) is 8.96. The lowest BCUT2D eigenvalue weighted by Crippen LogP contribution is -2.48. The Kier molecular flexibility index (Phi) is 7.61. The number of benzene rings is 1. The van der Waals surface area contributed by atoms with Crippen LogP contribution >= 0.6 is 24.8 Å². The number of halogens is 2. The second-order valence-electron chi connectivity index (χ2n) is 5.22. The van der Waals surface area contributed by atoms with E-state index in [2.05, 4.69) is 9.88 Å². The Labute approximate surface area is 147 Å². The van der Waals surface area contributed by atoms with Gasteiger partial charge in [0.05, 0.1) is 0 Å². The summed E-state index contributed by atoms with van der Waals surface area (Å²) in [5, 5.41) is 0. The number of hydrogen-bond donors (Lipinski definition) is 1. The molecule has 128 valence electrons. The van der Waals surface area contributed by atoms with E-state index in [0.717, 1.165) is 30.6 Å². The van der Waals surface area contributed by atoms with Gasteiger partial charge in [-0.2, -0.15) is 4.98 Å². The Hall–Kier alpha value is -1.50. The van der Waals surface area contributed by atoms with Gasteiger partial charge in [-0.05, 0) is 25.1 Å². The molecular weight excluding hydrogens is 339 g/mol. The van der Waals surface area contributed by atoms with Crippen LogP contribution in [0.25, 0.3) is 11.1 Å². The molecule has 1 aromatic carbocycles. The van der Waals surface area contributed by atoms with Gasteiger partial charge in [0, 0.05) is 32.6 Å². The number of carbonyl (C=O) groups is 1. The van der Waals surface area contributed by atoms with Crippen LogP contribution in [0.4, 0.5) is 6.01 Å². The van der Waals surface area contributed by atoms with E-state index in [-0.39, 0.29) is 30.7 Å². The SMILES string of the molecule is Cl.Cl.NCCCC(=O)N1CCN(c2nc3ccccc3o2)CC1. The topological polar surface area (TPSA) is 75.6 Å². The van der Waals surface area contributed by atoms with Crippen LogP contribution < -0.4 is 10.6 Å². The summed E-state index contributed by atoms with van der Waals surface area (Å²) in [5.74, 6) is 0.192. The van der Waals surface area contributed by atoms with Crippen molar-refractivity contribution in [1.29, 1.82) is 0 Å². The van der Waals surface area contributed by atoms with E-state index < -0.39 is 0 Å². The molecule has 2 aromatic rings. The van der Waals surface area contributed by atoms with E-state index in [9.17, 15) is 4.79 Å². The third-order valence-electron chi connectivity index (χ3n) is 3.78. The summed E-state index contributed by atoms with van der Waals surface area (Å²) in [6, 6.07) is 8.38. The molecule has 1 fully saturated rings. The van der Waals surface area contributed by atoms with Crippen molar-refractivity contribution in [2.45, 2.75) is 12.8 Å². The van der Waals surface area contributed by atoms with Crippen LogP contribution in [0.5, 0.6) is 0 Å². The van der Waals surface area contributed by atoms with Crippen LogP contribution in [0.1, 0.15) is 12.8 Å². The summed E-state index contributed by atoms with van der Waals surface area (Å²) in [6.07, 6.45) is 1.30. The van der Waals surface area contributed by atoms with Crippen molar-refractivity contribution < 1.29 is 9.21 Å². The van der Waals surface area contributed by atoms with Crippen molar-refractivity contribution in [2.24, 2.45) is 5.73 Å². The first kappa shape index (κ1) is 19.5.